The molecule has 3 heterocycles. The molecule has 0 radical (unpaired) electrons. The number of nitrogens with zero attached hydrogens (tertiary/aromatic N) is 6. The zero-order chi connectivity index (χ0) is 18.4. The maximum absolute atomic E-state index is 12.8. The second-order valence-electron chi connectivity index (χ2n) is 7.03. The monoisotopic (exact) mass is 366 g/mol. The number of ether oxygens (including phenoxy) is 2. The summed E-state index contributed by atoms with van der Waals surface area (Å²) in [4.78, 5) is 17.1. The molecular formula is C17H30N6O3. The van der Waals surface area contributed by atoms with E-state index in [0.29, 0.717) is 51.0 Å². The summed E-state index contributed by atoms with van der Waals surface area (Å²) in [5.41, 5.74) is 0. The fourth-order valence-corrected chi connectivity index (χ4v) is 3.69. The molecule has 2 aliphatic rings. The Balaban J connectivity index is 1.53. The lowest BCUT2D eigenvalue weighted by Gasteiger charge is -2.35. The first-order chi connectivity index (χ1) is 12.7. The van der Waals surface area contributed by atoms with Gasteiger partial charge in [-0.2, -0.15) is 0 Å². The van der Waals surface area contributed by atoms with Crippen LogP contribution in [0.4, 0.5) is 0 Å². The Kier molecular flexibility index (Phi) is 6.93. The molecule has 1 aromatic rings. The quantitative estimate of drug-likeness (QED) is 0.688. The molecule has 1 unspecified atom stereocenters. The highest BCUT2D eigenvalue weighted by molar-refractivity contribution is 5.76. The smallest absolute Gasteiger partial charge is 0.223 e. The van der Waals surface area contributed by atoms with Gasteiger partial charge in [-0.05, 0) is 48.8 Å². The second kappa shape index (κ2) is 9.38. The molecule has 0 bridgehead atoms. The van der Waals surface area contributed by atoms with Crippen LogP contribution in [0, 0.1) is 5.92 Å². The average Bonchev–Trinajstić information content (AvgIpc) is 3.15. The van der Waals surface area contributed by atoms with Crippen LogP contribution in [0.15, 0.2) is 0 Å². The van der Waals surface area contributed by atoms with E-state index >= 15 is 0 Å². The van der Waals surface area contributed by atoms with Crippen LogP contribution in [-0.2, 0) is 20.8 Å². The molecule has 26 heavy (non-hydrogen) atoms. The molecule has 0 aromatic carbocycles. The summed E-state index contributed by atoms with van der Waals surface area (Å²) in [7, 11) is 1.65. The summed E-state index contributed by atoms with van der Waals surface area (Å²) in [5.74, 6) is 1.39. The molecule has 0 aliphatic carbocycles. The lowest BCUT2D eigenvalue weighted by atomic mass is 9.93. The Bertz CT molecular complexity index is 573. The van der Waals surface area contributed by atoms with Crippen molar-refractivity contribution < 1.29 is 14.3 Å². The predicted molar refractivity (Wildman–Crippen MR) is 94.4 cm³/mol. The maximum atomic E-state index is 12.8. The van der Waals surface area contributed by atoms with Gasteiger partial charge < -0.3 is 19.3 Å². The predicted octanol–water partition coefficient (Wildman–Crippen LogP) is 0.341. The molecule has 2 aliphatic heterocycles. The minimum Gasteiger partial charge on any atom is -0.383 e. The van der Waals surface area contributed by atoms with E-state index in [9.17, 15) is 4.79 Å². The Morgan fingerprint density at radius 2 is 2.12 bits per heavy atom. The van der Waals surface area contributed by atoms with Crippen LogP contribution in [0.2, 0.25) is 0 Å². The van der Waals surface area contributed by atoms with Gasteiger partial charge in [0.05, 0.1) is 26.3 Å². The first kappa shape index (κ1) is 19.2. The van der Waals surface area contributed by atoms with Gasteiger partial charge in [0.15, 0.2) is 5.82 Å². The fraction of sp³-hybridized carbons (Fsp3) is 0.882. The first-order valence-corrected chi connectivity index (χ1v) is 9.58. The molecule has 9 nitrogen and oxygen atoms in total. The fourth-order valence-electron chi connectivity index (χ4n) is 3.69. The molecular weight excluding hydrogens is 336 g/mol. The van der Waals surface area contributed by atoms with Crippen molar-refractivity contribution in [3.8, 4) is 0 Å². The van der Waals surface area contributed by atoms with Crippen LogP contribution in [0.3, 0.4) is 0 Å². The molecule has 3 rings (SSSR count). The van der Waals surface area contributed by atoms with Crippen LogP contribution in [0.5, 0.6) is 0 Å². The second-order valence-corrected chi connectivity index (χ2v) is 7.03. The largest absolute Gasteiger partial charge is 0.383 e. The van der Waals surface area contributed by atoms with Crippen molar-refractivity contribution in [2.75, 3.05) is 53.0 Å². The number of methoxy groups -OCH3 is 1. The van der Waals surface area contributed by atoms with Crippen molar-refractivity contribution in [1.82, 2.24) is 30.0 Å². The Morgan fingerprint density at radius 3 is 2.85 bits per heavy atom. The average molecular weight is 366 g/mol. The van der Waals surface area contributed by atoms with E-state index in [1.807, 2.05) is 4.90 Å². The van der Waals surface area contributed by atoms with Gasteiger partial charge in [0.2, 0.25) is 5.91 Å². The summed E-state index contributed by atoms with van der Waals surface area (Å²) in [6, 6.07) is 0. The van der Waals surface area contributed by atoms with Crippen LogP contribution >= 0.6 is 0 Å². The van der Waals surface area contributed by atoms with Gasteiger partial charge in [0, 0.05) is 20.1 Å². The van der Waals surface area contributed by atoms with Gasteiger partial charge in [-0.1, -0.05) is 6.92 Å². The van der Waals surface area contributed by atoms with E-state index in [1.165, 1.54) is 0 Å². The van der Waals surface area contributed by atoms with Crippen molar-refractivity contribution in [3.05, 3.63) is 5.82 Å². The van der Waals surface area contributed by atoms with Crippen molar-refractivity contribution in [2.45, 2.75) is 38.8 Å². The molecule has 0 spiro atoms. The molecule has 0 saturated carbocycles. The topological polar surface area (TPSA) is 85.6 Å². The zero-order valence-corrected chi connectivity index (χ0v) is 15.8. The summed E-state index contributed by atoms with van der Waals surface area (Å²) >= 11 is 0. The van der Waals surface area contributed by atoms with Crippen molar-refractivity contribution in [2.24, 2.45) is 5.92 Å². The van der Waals surface area contributed by atoms with Gasteiger partial charge >= 0.3 is 0 Å². The summed E-state index contributed by atoms with van der Waals surface area (Å²) in [6.45, 7) is 8.28. The minimum atomic E-state index is -0.276. The molecule has 1 amide bonds. The molecule has 0 N–H and O–H groups in total. The van der Waals surface area contributed by atoms with E-state index in [0.717, 1.165) is 32.5 Å². The standard InChI is InChI=1S/C17H30N6O3/c1-3-21-6-4-14(5-7-21)12-16(24)22-8-11-26-15(13-22)17-18-19-20-23(17)9-10-25-2/h14-15H,3-13H2,1-2H3. The molecule has 146 valence electrons. The lowest BCUT2D eigenvalue weighted by molar-refractivity contribution is -0.140. The summed E-state index contributed by atoms with van der Waals surface area (Å²) in [6.07, 6.45) is 2.59. The highest BCUT2D eigenvalue weighted by atomic mass is 16.5. The number of rotatable bonds is 7. The van der Waals surface area contributed by atoms with Crippen LogP contribution in [0.25, 0.3) is 0 Å². The molecule has 1 aromatic heterocycles. The number of piperidine rings is 1. The Labute approximate surface area is 154 Å². The van der Waals surface area contributed by atoms with Gasteiger partial charge in [-0.15, -0.1) is 5.10 Å². The number of amides is 1. The Morgan fingerprint density at radius 1 is 1.31 bits per heavy atom. The van der Waals surface area contributed by atoms with Crippen molar-refractivity contribution in [1.29, 1.82) is 0 Å². The minimum absolute atomic E-state index is 0.226. The number of morpholine rings is 1. The number of hydrogen-bond acceptors (Lipinski definition) is 7. The maximum Gasteiger partial charge on any atom is 0.223 e. The van der Waals surface area contributed by atoms with E-state index < -0.39 is 0 Å². The van der Waals surface area contributed by atoms with E-state index in [4.69, 9.17) is 9.47 Å². The third-order valence-corrected chi connectivity index (χ3v) is 5.39. The van der Waals surface area contributed by atoms with Gasteiger partial charge in [-0.3, -0.25) is 4.79 Å². The highest BCUT2D eigenvalue weighted by Gasteiger charge is 2.30. The number of likely N-dealkylation sites (tertiary alicyclic amines) is 1. The Hall–Kier alpha value is -1.58. The normalized spacial score (nSPS) is 22.7. The van der Waals surface area contributed by atoms with Gasteiger partial charge in [0.25, 0.3) is 0 Å². The third-order valence-electron chi connectivity index (χ3n) is 5.39. The van der Waals surface area contributed by atoms with E-state index in [-0.39, 0.29) is 12.0 Å². The molecule has 9 heteroatoms. The van der Waals surface area contributed by atoms with Crippen molar-refractivity contribution in [3.63, 3.8) is 0 Å². The number of aromatic nitrogens is 4. The van der Waals surface area contributed by atoms with E-state index in [2.05, 4.69) is 27.3 Å². The van der Waals surface area contributed by atoms with Gasteiger partial charge in [0.1, 0.15) is 6.10 Å². The highest BCUT2D eigenvalue weighted by Crippen LogP contribution is 2.24. The SMILES string of the molecule is CCN1CCC(CC(=O)N2CCOC(c3nnnn3CCOC)C2)CC1. The summed E-state index contributed by atoms with van der Waals surface area (Å²) in [5, 5.41) is 11.8. The van der Waals surface area contributed by atoms with Crippen LogP contribution < -0.4 is 0 Å². The van der Waals surface area contributed by atoms with Crippen LogP contribution in [0.1, 0.15) is 38.1 Å². The van der Waals surface area contributed by atoms with Gasteiger partial charge in [-0.25, -0.2) is 4.68 Å². The number of tetrazole rings is 1. The number of carbonyl (C=O) groups excluding carboxylic acids is 1. The van der Waals surface area contributed by atoms with Crippen LogP contribution in [-0.4, -0.2) is 89.0 Å². The lowest BCUT2D eigenvalue weighted by Crippen LogP contribution is -2.44. The first-order valence-electron chi connectivity index (χ1n) is 9.58. The number of carbonyl (C=O) groups is 1. The number of hydrogen-bond donors (Lipinski definition) is 0. The van der Waals surface area contributed by atoms with E-state index in [1.54, 1.807) is 11.8 Å². The molecule has 2 saturated heterocycles. The van der Waals surface area contributed by atoms with Crippen molar-refractivity contribution >= 4 is 5.91 Å². The zero-order valence-electron chi connectivity index (χ0n) is 15.8. The molecule has 2 fully saturated rings. The molecule has 1 atom stereocenters. The third kappa shape index (κ3) is 4.77. The summed E-state index contributed by atoms with van der Waals surface area (Å²) < 4.78 is 12.6.